The summed E-state index contributed by atoms with van der Waals surface area (Å²) in [6, 6.07) is 2.18. The van der Waals surface area contributed by atoms with Gasteiger partial charge in [-0.1, -0.05) is 20.8 Å². The van der Waals surface area contributed by atoms with E-state index in [4.69, 9.17) is 0 Å². The molecule has 0 fully saturated rings. The highest BCUT2D eigenvalue weighted by atomic mass is 32.2. The van der Waals surface area contributed by atoms with Gasteiger partial charge in [0.05, 0.1) is 0 Å². The summed E-state index contributed by atoms with van der Waals surface area (Å²) in [7, 11) is -2.46. The van der Waals surface area contributed by atoms with Crippen molar-refractivity contribution in [3.63, 3.8) is 0 Å². The first kappa shape index (κ1) is 15.0. The molecular formula is C12H19FN2O2S. The van der Waals surface area contributed by atoms with Gasteiger partial charge in [-0.15, -0.1) is 0 Å². The molecule has 0 bridgehead atoms. The van der Waals surface area contributed by atoms with Gasteiger partial charge < -0.3 is 0 Å². The minimum atomic E-state index is -3.90. The van der Waals surface area contributed by atoms with Crippen LogP contribution in [0.25, 0.3) is 0 Å². The zero-order valence-electron chi connectivity index (χ0n) is 11.3. The maximum absolute atomic E-state index is 13.5. The van der Waals surface area contributed by atoms with E-state index in [1.165, 1.54) is 23.6 Å². The quantitative estimate of drug-likeness (QED) is 0.849. The van der Waals surface area contributed by atoms with E-state index in [0.717, 1.165) is 6.07 Å². The Hall–Kier alpha value is -1.01. The first-order valence-electron chi connectivity index (χ1n) is 5.67. The van der Waals surface area contributed by atoms with Crippen LogP contribution >= 0.6 is 0 Å². The lowest BCUT2D eigenvalue weighted by Gasteiger charge is -2.34. The molecule has 1 aromatic heterocycles. The fourth-order valence-corrected chi connectivity index (χ4v) is 2.96. The summed E-state index contributed by atoms with van der Waals surface area (Å²) in [4.78, 5) is 3.63. The fourth-order valence-electron chi connectivity index (χ4n) is 1.45. The first-order chi connectivity index (χ1) is 8.08. The average molecular weight is 274 g/mol. The molecule has 0 N–H and O–H groups in total. The molecule has 0 aromatic carbocycles. The molecule has 1 heterocycles. The van der Waals surface area contributed by atoms with Gasteiger partial charge in [-0.2, -0.15) is 4.31 Å². The summed E-state index contributed by atoms with van der Waals surface area (Å²) >= 11 is 0. The number of halogens is 1. The topological polar surface area (TPSA) is 50.3 Å². The molecule has 0 aliphatic carbocycles. The average Bonchev–Trinajstić information content (AvgIpc) is 2.26. The van der Waals surface area contributed by atoms with Gasteiger partial charge in [0.15, 0.2) is 5.82 Å². The zero-order valence-corrected chi connectivity index (χ0v) is 12.1. The molecule has 0 saturated carbocycles. The van der Waals surface area contributed by atoms with E-state index in [1.807, 2.05) is 20.8 Å². The van der Waals surface area contributed by atoms with Crippen LogP contribution in [0.4, 0.5) is 4.39 Å². The normalized spacial score (nSPS) is 14.8. The zero-order chi connectivity index (χ0) is 14.1. The molecule has 18 heavy (non-hydrogen) atoms. The predicted octanol–water partition coefficient (Wildman–Crippen LogP) is 2.28. The molecular weight excluding hydrogens is 255 g/mol. The Morgan fingerprint density at radius 1 is 1.39 bits per heavy atom. The highest BCUT2D eigenvalue weighted by molar-refractivity contribution is 7.89. The minimum absolute atomic E-state index is 0.243. The Bertz CT molecular complexity index is 523. The standard InChI is InChI=1S/C12H19FN2O2S/c1-9(12(2,3)4)15(5)18(16,17)11-10(13)7-6-8-14-11/h6-9H,1-5H3. The van der Waals surface area contributed by atoms with Crippen LogP contribution in [0.15, 0.2) is 23.4 Å². The number of nitrogens with zero attached hydrogens (tertiary/aromatic N) is 2. The van der Waals surface area contributed by atoms with E-state index in [0.29, 0.717) is 0 Å². The van der Waals surface area contributed by atoms with Gasteiger partial charge >= 0.3 is 0 Å². The SMILES string of the molecule is CC(N(C)S(=O)(=O)c1ncccc1F)C(C)(C)C. The second-order valence-electron chi connectivity index (χ2n) is 5.35. The van der Waals surface area contributed by atoms with E-state index >= 15 is 0 Å². The van der Waals surface area contributed by atoms with Crippen LogP contribution in [0, 0.1) is 11.2 Å². The molecule has 6 heteroatoms. The third-order valence-electron chi connectivity index (χ3n) is 3.15. The molecule has 0 saturated heterocycles. The number of sulfonamides is 1. The van der Waals surface area contributed by atoms with Crippen LogP contribution in [0.2, 0.25) is 0 Å². The lowest BCUT2D eigenvalue weighted by Crippen LogP contribution is -2.43. The van der Waals surface area contributed by atoms with E-state index in [9.17, 15) is 12.8 Å². The number of aromatic nitrogens is 1. The van der Waals surface area contributed by atoms with Gasteiger partial charge in [0.1, 0.15) is 0 Å². The van der Waals surface area contributed by atoms with Crippen LogP contribution in [-0.4, -0.2) is 30.8 Å². The van der Waals surface area contributed by atoms with Crippen molar-refractivity contribution in [2.24, 2.45) is 5.41 Å². The minimum Gasteiger partial charge on any atom is -0.241 e. The largest absolute Gasteiger partial charge is 0.263 e. The Kier molecular flexibility index (Phi) is 4.12. The first-order valence-corrected chi connectivity index (χ1v) is 7.11. The molecule has 4 nitrogen and oxygen atoms in total. The van der Waals surface area contributed by atoms with Crippen molar-refractivity contribution < 1.29 is 12.8 Å². The van der Waals surface area contributed by atoms with E-state index < -0.39 is 20.9 Å². The van der Waals surface area contributed by atoms with Gasteiger partial charge in [0, 0.05) is 19.3 Å². The monoisotopic (exact) mass is 274 g/mol. The summed E-state index contributed by atoms with van der Waals surface area (Å²) in [5.41, 5.74) is -0.243. The number of hydrogen-bond acceptors (Lipinski definition) is 3. The summed E-state index contributed by atoms with van der Waals surface area (Å²) in [6.07, 6.45) is 1.27. The lowest BCUT2D eigenvalue weighted by molar-refractivity contribution is 0.215. The van der Waals surface area contributed by atoms with Gasteiger partial charge in [-0.3, -0.25) is 0 Å². The van der Waals surface area contributed by atoms with E-state index in [1.54, 1.807) is 6.92 Å². The van der Waals surface area contributed by atoms with E-state index in [-0.39, 0.29) is 11.5 Å². The number of hydrogen-bond donors (Lipinski definition) is 0. The van der Waals surface area contributed by atoms with Crippen molar-refractivity contribution in [3.8, 4) is 0 Å². The fraction of sp³-hybridized carbons (Fsp3) is 0.583. The Morgan fingerprint density at radius 2 is 1.94 bits per heavy atom. The molecule has 102 valence electrons. The number of rotatable bonds is 3. The van der Waals surface area contributed by atoms with Crippen molar-refractivity contribution in [3.05, 3.63) is 24.1 Å². The second kappa shape index (κ2) is 4.93. The van der Waals surface area contributed by atoms with Crippen molar-refractivity contribution in [1.82, 2.24) is 9.29 Å². The molecule has 1 unspecified atom stereocenters. The summed E-state index contributed by atoms with van der Waals surface area (Å²) < 4.78 is 39.2. The van der Waals surface area contributed by atoms with Crippen molar-refractivity contribution >= 4 is 10.0 Å². The highest BCUT2D eigenvalue weighted by Crippen LogP contribution is 2.27. The second-order valence-corrected chi connectivity index (χ2v) is 7.27. The van der Waals surface area contributed by atoms with Gasteiger partial charge in [0.2, 0.25) is 5.03 Å². The van der Waals surface area contributed by atoms with Crippen LogP contribution < -0.4 is 0 Å². The molecule has 1 aromatic rings. The molecule has 0 aliphatic rings. The van der Waals surface area contributed by atoms with Crippen molar-refractivity contribution in [2.45, 2.75) is 38.8 Å². The van der Waals surface area contributed by atoms with Crippen LogP contribution in [0.3, 0.4) is 0 Å². The van der Waals surface area contributed by atoms with E-state index in [2.05, 4.69) is 4.98 Å². The van der Waals surface area contributed by atoms with Crippen LogP contribution in [-0.2, 0) is 10.0 Å². The molecule has 0 radical (unpaired) electrons. The van der Waals surface area contributed by atoms with Crippen LogP contribution in [0.1, 0.15) is 27.7 Å². The maximum atomic E-state index is 13.5. The molecule has 0 amide bonds. The third kappa shape index (κ3) is 2.87. The van der Waals surface area contributed by atoms with Crippen molar-refractivity contribution in [2.75, 3.05) is 7.05 Å². The maximum Gasteiger partial charge on any atom is 0.263 e. The molecule has 0 spiro atoms. The molecule has 1 atom stereocenters. The molecule has 1 rings (SSSR count). The third-order valence-corrected chi connectivity index (χ3v) is 5.01. The number of pyridine rings is 1. The molecule has 0 aliphatic heterocycles. The lowest BCUT2D eigenvalue weighted by atomic mass is 9.88. The van der Waals surface area contributed by atoms with Crippen LogP contribution in [0.5, 0.6) is 0 Å². The Balaban J connectivity index is 3.20. The predicted molar refractivity (Wildman–Crippen MR) is 68.1 cm³/mol. The summed E-state index contributed by atoms with van der Waals surface area (Å²) in [5, 5.41) is -0.524. The Labute approximate surface area is 108 Å². The smallest absolute Gasteiger partial charge is 0.241 e. The van der Waals surface area contributed by atoms with Gasteiger partial charge in [-0.05, 0) is 24.5 Å². The summed E-state index contributed by atoms with van der Waals surface area (Å²) in [5.74, 6) is -0.828. The summed E-state index contributed by atoms with van der Waals surface area (Å²) in [6.45, 7) is 7.58. The Morgan fingerprint density at radius 3 is 2.39 bits per heavy atom. The van der Waals surface area contributed by atoms with Crippen molar-refractivity contribution in [1.29, 1.82) is 0 Å². The van der Waals surface area contributed by atoms with Gasteiger partial charge in [0.25, 0.3) is 10.0 Å². The van der Waals surface area contributed by atoms with Gasteiger partial charge in [-0.25, -0.2) is 17.8 Å². The highest BCUT2D eigenvalue weighted by Gasteiger charge is 2.34.